The summed E-state index contributed by atoms with van der Waals surface area (Å²) in [5.74, 6) is 0.169. The van der Waals surface area contributed by atoms with Crippen molar-refractivity contribution in [2.75, 3.05) is 19.8 Å². The lowest BCUT2D eigenvalue weighted by atomic mass is 9.35. The number of hydrogen-bond acceptors (Lipinski definition) is 16. The highest BCUT2D eigenvalue weighted by molar-refractivity contribution is 5.62. The van der Waals surface area contributed by atoms with Gasteiger partial charge < -0.3 is 79.2 Å². The highest BCUT2D eigenvalue weighted by Crippen LogP contribution is 2.75. The lowest BCUT2D eigenvalue weighted by Crippen LogP contribution is -2.67. The maximum atomic E-state index is 13.9. The first-order valence-electron chi connectivity index (χ1n) is 23.1. The summed E-state index contributed by atoms with van der Waals surface area (Å²) in [4.78, 5) is 13.9. The number of ether oxygens (including phenoxy) is 6. The summed E-state index contributed by atoms with van der Waals surface area (Å²) in [7, 11) is 0. The summed E-state index contributed by atoms with van der Waals surface area (Å²) >= 11 is 0. The number of carbonyl (C=O) groups excluding carboxylic acids is 1. The van der Waals surface area contributed by atoms with Crippen molar-refractivity contribution in [3.05, 3.63) is 11.6 Å². The zero-order chi connectivity index (χ0) is 45.3. The molecule has 62 heavy (non-hydrogen) atoms. The van der Waals surface area contributed by atoms with Crippen LogP contribution >= 0.6 is 0 Å². The molecule has 4 aliphatic carbocycles. The average Bonchev–Trinajstić information content (AvgIpc) is 3.60. The van der Waals surface area contributed by atoms with Crippen molar-refractivity contribution in [2.45, 2.75) is 204 Å². The lowest BCUT2D eigenvalue weighted by molar-refractivity contribution is -0.383. The number of hydrogen-bond donors (Lipinski definition) is 9. The van der Waals surface area contributed by atoms with E-state index in [4.69, 9.17) is 28.4 Å². The van der Waals surface area contributed by atoms with Crippen LogP contribution in [0.5, 0.6) is 0 Å². The van der Waals surface area contributed by atoms with E-state index < -0.39 is 102 Å². The molecular formula is C46H76O16. The molecule has 9 N–H and O–H groups in total. The van der Waals surface area contributed by atoms with Gasteiger partial charge in [0.25, 0.3) is 0 Å². The SMILES string of the molecule is CC(C)=CCC[C@@](O)(CO)[C@H]1CC[C@]2(C)[C@@H]1CC[C@@H]1[C@@]3(C=O)CC[C@H](O[C@@H]4OC[C@H](O)[C@H](O[C@@H]5OC[C@@H](O)[C@H](O)[C@H]5O)[C@H]4O[C@@H]4O[C@@H](C)[C@H](O)[C@@H](O)[C@H]4O)C(C)(C)[C@@H]3CC[C@]12C. The third kappa shape index (κ3) is 8.10. The van der Waals surface area contributed by atoms with Crippen LogP contribution in [-0.4, -0.2) is 164 Å². The Morgan fingerprint density at radius 2 is 1.35 bits per heavy atom. The average molecular weight is 885 g/mol. The number of aldehydes is 1. The molecule has 7 aliphatic rings. The lowest BCUT2D eigenvalue weighted by Gasteiger charge is -2.69. The zero-order valence-electron chi connectivity index (χ0n) is 37.6. The van der Waals surface area contributed by atoms with Crippen molar-refractivity contribution in [3.63, 3.8) is 0 Å². The van der Waals surface area contributed by atoms with Crippen molar-refractivity contribution in [3.8, 4) is 0 Å². The minimum Gasteiger partial charge on any atom is -0.393 e. The van der Waals surface area contributed by atoms with Crippen molar-refractivity contribution in [2.24, 2.45) is 45.3 Å². The van der Waals surface area contributed by atoms with Gasteiger partial charge in [0, 0.05) is 5.41 Å². The minimum atomic E-state index is -1.72. The Morgan fingerprint density at radius 3 is 2.03 bits per heavy atom. The standard InChI is InChI=1S/C46H76O16/c1-23(2)9-8-15-46(56,22-48)26-12-16-43(6)25(26)10-11-30-44(43,7)17-13-29-42(4,5)31(14-18-45(29,30)21-47)60-41-38(62-40-36(55)34(53)32(51)24(3)59-40)37(28(50)20-58-41)61-39-35(54)33(52)27(49)19-57-39/h9,21,24-41,48-56H,8,10-20,22H2,1-7H3/t24-,25+,26-,27+,28-,29-,30-,31-,32-,33-,34+,35+,36+,37-,38+,39-,40-,41-,43+,44+,45+,46+/m0/s1. The van der Waals surface area contributed by atoms with E-state index in [1.165, 1.54) is 18.8 Å². The van der Waals surface area contributed by atoms with Crippen LogP contribution in [-0.2, 0) is 33.2 Å². The molecule has 0 bridgehead atoms. The summed E-state index contributed by atoms with van der Waals surface area (Å²) in [6.45, 7) is 13.6. The van der Waals surface area contributed by atoms with Crippen LogP contribution in [0.25, 0.3) is 0 Å². The molecule has 0 aromatic heterocycles. The molecule has 0 unspecified atom stereocenters. The van der Waals surface area contributed by atoms with Crippen molar-refractivity contribution in [1.29, 1.82) is 0 Å². The summed E-state index contributed by atoms with van der Waals surface area (Å²) in [5.41, 5.74) is -1.59. The van der Waals surface area contributed by atoms with Crippen LogP contribution in [0.1, 0.15) is 113 Å². The normalized spacial score (nSPS) is 51.3. The van der Waals surface area contributed by atoms with Crippen molar-refractivity contribution >= 4 is 6.29 Å². The van der Waals surface area contributed by atoms with E-state index in [-0.39, 0.29) is 54.3 Å². The van der Waals surface area contributed by atoms with Gasteiger partial charge in [0.15, 0.2) is 18.9 Å². The summed E-state index contributed by atoms with van der Waals surface area (Å²) < 4.78 is 36.7. The second kappa shape index (κ2) is 18.1. The van der Waals surface area contributed by atoms with E-state index in [1.807, 2.05) is 13.8 Å². The van der Waals surface area contributed by atoms with Gasteiger partial charge in [-0.25, -0.2) is 0 Å². The van der Waals surface area contributed by atoms with Crippen LogP contribution in [0.2, 0.25) is 0 Å². The van der Waals surface area contributed by atoms with Gasteiger partial charge in [0.05, 0.1) is 37.6 Å². The van der Waals surface area contributed by atoms with Gasteiger partial charge in [-0.1, -0.05) is 39.3 Å². The maximum Gasteiger partial charge on any atom is 0.187 e. The van der Waals surface area contributed by atoms with Crippen molar-refractivity contribution in [1.82, 2.24) is 0 Å². The van der Waals surface area contributed by atoms with Gasteiger partial charge in [0.2, 0.25) is 0 Å². The first kappa shape index (κ1) is 48.7. The predicted molar refractivity (Wildman–Crippen MR) is 221 cm³/mol. The van der Waals surface area contributed by atoms with Gasteiger partial charge in [-0.05, 0) is 125 Å². The number of carbonyl (C=O) groups is 1. The van der Waals surface area contributed by atoms with Crippen LogP contribution in [0.15, 0.2) is 11.6 Å². The van der Waals surface area contributed by atoms with E-state index in [0.29, 0.717) is 25.7 Å². The maximum absolute atomic E-state index is 13.9. The van der Waals surface area contributed by atoms with Gasteiger partial charge in [0.1, 0.15) is 61.2 Å². The molecule has 16 heteroatoms. The van der Waals surface area contributed by atoms with Gasteiger partial charge in [-0.3, -0.25) is 0 Å². The molecular weight excluding hydrogens is 808 g/mol. The van der Waals surface area contributed by atoms with Crippen molar-refractivity contribution < 1.29 is 79.2 Å². The molecule has 3 heterocycles. The molecule has 0 aromatic rings. The number of rotatable bonds is 12. The van der Waals surface area contributed by atoms with Crippen LogP contribution in [0.3, 0.4) is 0 Å². The molecule has 0 amide bonds. The third-order valence-electron chi connectivity index (χ3n) is 17.8. The van der Waals surface area contributed by atoms with E-state index in [9.17, 15) is 50.8 Å². The first-order valence-corrected chi connectivity index (χ1v) is 23.1. The highest BCUT2D eigenvalue weighted by Gasteiger charge is 2.71. The molecule has 0 spiro atoms. The summed E-state index contributed by atoms with van der Waals surface area (Å²) in [5, 5.41) is 97.3. The van der Waals surface area contributed by atoms with Crippen LogP contribution < -0.4 is 0 Å². The topological polar surface area (TPSA) is 255 Å². The number of fused-ring (bicyclic) bond motifs is 5. The number of aliphatic hydroxyl groups is 9. The predicted octanol–water partition coefficient (Wildman–Crippen LogP) is 1.46. The molecule has 4 saturated carbocycles. The van der Waals surface area contributed by atoms with Crippen LogP contribution in [0.4, 0.5) is 0 Å². The van der Waals surface area contributed by atoms with E-state index in [1.54, 1.807) is 0 Å². The fourth-order valence-electron chi connectivity index (χ4n) is 14.0. The Morgan fingerprint density at radius 1 is 0.710 bits per heavy atom. The molecule has 7 rings (SSSR count). The highest BCUT2D eigenvalue weighted by atomic mass is 16.8. The second-order valence-corrected chi connectivity index (χ2v) is 21.5. The minimum absolute atomic E-state index is 0.0374. The molecule has 22 atom stereocenters. The Balaban J connectivity index is 1.13. The number of allylic oxidation sites excluding steroid dienone is 2. The number of aliphatic hydroxyl groups excluding tert-OH is 8. The summed E-state index contributed by atoms with van der Waals surface area (Å²) in [6.07, 6.45) is -8.73. The fourth-order valence-corrected chi connectivity index (χ4v) is 14.0. The summed E-state index contributed by atoms with van der Waals surface area (Å²) in [6, 6.07) is 0. The molecule has 0 radical (unpaired) electrons. The Kier molecular flexibility index (Phi) is 14.3. The second-order valence-electron chi connectivity index (χ2n) is 21.5. The van der Waals surface area contributed by atoms with Gasteiger partial charge >= 0.3 is 0 Å². The van der Waals surface area contributed by atoms with E-state index >= 15 is 0 Å². The Labute approximate surface area is 365 Å². The molecule has 3 saturated heterocycles. The molecule has 16 nitrogen and oxygen atoms in total. The Hall–Kier alpha value is -1.19. The van der Waals surface area contributed by atoms with E-state index in [2.05, 4.69) is 33.8 Å². The largest absolute Gasteiger partial charge is 0.393 e. The molecule has 356 valence electrons. The van der Waals surface area contributed by atoms with Gasteiger partial charge in [-0.2, -0.15) is 0 Å². The van der Waals surface area contributed by atoms with Crippen LogP contribution in [0, 0.1) is 45.3 Å². The van der Waals surface area contributed by atoms with E-state index in [0.717, 1.165) is 38.5 Å². The molecule has 3 aliphatic heterocycles. The first-order chi connectivity index (χ1) is 29.1. The molecule has 0 aromatic carbocycles. The Bertz CT molecular complexity index is 1590. The quantitative estimate of drug-likeness (QED) is 0.0764. The monoisotopic (exact) mass is 885 g/mol. The fraction of sp³-hybridized carbons (Fsp3) is 0.935. The smallest absolute Gasteiger partial charge is 0.187 e. The third-order valence-corrected chi connectivity index (χ3v) is 17.8. The van der Waals surface area contributed by atoms with Gasteiger partial charge in [-0.15, -0.1) is 0 Å². The zero-order valence-corrected chi connectivity index (χ0v) is 37.6. The molecule has 7 fully saturated rings.